The number of carbonyl (C=O) groups excluding carboxylic acids is 1. The molecule has 0 aliphatic carbocycles. The molecule has 8 nitrogen and oxygen atoms in total. The number of ether oxygens (including phenoxy) is 2. The normalized spacial score (nSPS) is 17.5. The van der Waals surface area contributed by atoms with Crippen molar-refractivity contribution in [1.29, 1.82) is 0 Å². The molecule has 0 saturated heterocycles. The Hall–Kier alpha value is -2.81. The van der Waals surface area contributed by atoms with Gasteiger partial charge < -0.3 is 19.7 Å². The zero-order valence-electron chi connectivity index (χ0n) is 15.1. The molecule has 0 radical (unpaired) electrons. The molecule has 0 spiro atoms. The molecule has 1 amide bonds. The van der Waals surface area contributed by atoms with Gasteiger partial charge in [-0.15, -0.1) is 4.40 Å². The van der Waals surface area contributed by atoms with Gasteiger partial charge in [0.15, 0.2) is 11.5 Å². The highest BCUT2D eigenvalue weighted by Gasteiger charge is 2.24. The van der Waals surface area contributed by atoms with Gasteiger partial charge in [-0.1, -0.05) is 6.07 Å². The number of fused-ring (bicyclic) bond motifs is 1. The van der Waals surface area contributed by atoms with Crippen molar-refractivity contribution in [2.45, 2.75) is 6.42 Å². The zero-order chi connectivity index (χ0) is 19.4. The second kappa shape index (κ2) is 7.83. The van der Waals surface area contributed by atoms with Crippen molar-refractivity contribution in [3.63, 3.8) is 0 Å². The minimum absolute atomic E-state index is 0.0605. The van der Waals surface area contributed by atoms with Crippen molar-refractivity contribution < 1.29 is 22.7 Å². The molecule has 3 rings (SSSR count). The summed E-state index contributed by atoms with van der Waals surface area (Å²) in [5.41, 5.74) is 1.47. The minimum atomic E-state index is -3.40. The maximum atomic E-state index is 12.4. The number of nitrogens with zero attached hydrogens (tertiary/aromatic N) is 2. The number of hydrogen-bond donors (Lipinski definition) is 1. The quantitative estimate of drug-likeness (QED) is 0.773. The predicted molar refractivity (Wildman–Crippen MR) is 101 cm³/mol. The Bertz CT molecular complexity index is 934. The number of hydrogen-bond acceptors (Lipinski definition) is 6. The van der Waals surface area contributed by atoms with Crippen LogP contribution in [0.4, 0.5) is 0 Å². The Labute approximate surface area is 158 Å². The maximum Gasteiger partial charge on any atom is 0.256 e. The molecule has 1 aromatic rings. The van der Waals surface area contributed by atoms with Crippen LogP contribution < -0.4 is 14.8 Å². The molecule has 2 aliphatic rings. The molecular weight excluding hydrogens is 370 g/mol. The van der Waals surface area contributed by atoms with Crippen LogP contribution in [-0.4, -0.2) is 58.1 Å². The number of nitrogens with one attached hydrogen (secondary N) is 1. The molecule has 1 aromatic carbocycles. The molecule has 0 atom stereocenters. The fourth-order valence-corrected chi connectivity index (χ4v) is 3.76. The average molecular weight is 391 g/mol. The van der Waals surface area contributed by atoms with Crippen molar-refractivity contribution in [2.75, 3.05) is 33.1 Å². The largest absolute Gasteiger partial charge is 0.493 e. The standard InChI is InChI=1S/C18H21N3O5S/c1-25-15-5-3-13(11-16(15)26-2)7-8-19-18(22)14-4-6-17-20-27(23,24)10-9-21(17)12-14/h3-6,11-12H,7-10H2,1-2H3,(H,19,22). The van der Waals surface area contributed by atoms with Gasteiger partial charge in [0.2, 0.25) is 0 Å². The Morgan fingerprint density at radius 3 is 2.74 bits per heavy atom. The van der Waals surface area contributed by atoms with Crippen LogP contribution in [0.5, 0.6) is 11.5 Å². The number of carbonyl (C=O) groups is 1. The zero-order valence-corrected chi connectivity index (χ0v) is 16.0. The summed E-state index contributed by atoms with van der Waals surface area (Å²) in [6.45, 7) is 0.739. The second-order valence-electron chi connectivity index (χ2n) is 6.04. The summed E-state index contributed by atoms with van der Waals surface area (Å²) in [5, 5.41) is 2.86. The van der Waals surface area contributed by atoms with E-state index in [-0.39, 0.29) is 18.2 Å². The molecule has 1 N–H and O–H groups in total. The van der Waals surface area contributed by atoms with Gasteiger partial charge in [-0.3, -0.25) is 4.79 Å². The van der Waals surface area contributed by atoms with Crippen molar-refractivity contribution in [1.82, 2.24) is 10.2 Å². The third-order valence-electron chi connectivity index (χ3n) is 4.23. The van der Waals surface area contributed by atoms with Gasteiger partial charge in [0.05, 0.1) is 25.5 Å². The van der Waals surface area contributed by atoms with Gasteiger partial charge in [-0.25, -0.2) is 8.42 Å². The first-order chi connectivity index (χ1) is 12.9. The van der Waals surface area contributed by atoms with Crippen LogP contribution in [0.2, 0.25) is 0 Å². The molecule has 0 fully saturated rings. The van der Waals surface area contributed by atoms with Crippen LogP contribution in [0, 0.1) is 0 Å². The summed E-state index contributed by atoms with van der Waals surface area (Å²) >= 11 is 0. The molecule has 2 heterocycles. The van der Waals surface area contributed by atoms with Crippen LogP contribution in [-0.2, 0) is 21.2 Å². The molecule has 2 aliphatic heterocycles. The van der Waals surface area contributed by atoms with E-state index in [1.165, 1.54) is 0 Å². The van der Waals surface area contributed by atoms with E-state index in [1.807, 2.05) is 18.2 Å². The van der Waals surface area contributed by atoms with Gasteiger partial charge in [0.1, 0.15) is 5.84 Å². The number of amides is 1. The minimum Gasteiger partial charge on any atom is -0.493 e. The predicted octanol–water partition coefficient (Wildman–Crippen LogP) is 0.860. The summed E-state index contributed by atoms with van der Waals surface area (Å²) in [7, 11) is -0.242. The van der Waals surface area contributed by atoms with Crippen molar-refractivity contribution in [3.8, 4) is 11.5 Å². The topological polar surface area (TPSA) is 97.3 Å². The van der Waals surface area contributed by atoms with E-state index in [2.05, 4.69) is 9.71 Å². The van der Waals surface area contributed by atoms with Crippen molar-refractivity contribution >= 4 is 21.8 Å². The van der Waals surface area contributed by atoms with E-state index in [0.717, 1.165) is 5.56 Å². The van der Waals surface area contributed by atoms with Gasteiger partial charge in [0.25, 0.3) is 15.9 Å². The highest BCUT2D eigenvalue weighted by molar-refractivity contribution is 7.90. The summed E-state index contributed by atoms with van der Waals surface area (Å²) in [6.07, 6.45) is 5.37. The van der Waals surface area contributed by atoms with Crippen LogP contribution in [0.15, 0.2) is 46.5 Å². The number of rotatable bonds is 6. The monoisotopic (exact) mass is 391 g/mol. The third-order valence-corrected chi connectivity index (χ3v) is 5.40. The molecule has 0 saturated carbocycles. The second-order valence-corrected chi connectivity index (χ2v) is 7.80. The van der Waals surface area contributed by atoms with Crippen LogP contribution in [0.1, 0.15) is 5.56 Å². The van der Waals surface area contributed by atoms with Gasteiger partial charge in [0, 0.05) is 19.3 Å². The molecule has 144 valence electrons. The fourth-order valence-electron chi connectivity index (χ4n) is 2.79. The SMILES string of the molecule is COc1ccc(CCNC(=O)C2=CN3CCS(=O)(=O)N=C3C=C2)cc1OC. The third kappa shape index (κ3) is 4.48. The lowest BCUT2D eigenvalue weighted by Gasteiger charge is -2.26. The Balaban J connectivity index is 1.58. The Morgan fingerprint density at radius 2 is 2.00 bits per heavy atom. The van der Waals surface area contributed by atoms with Crippen LogP contribution in [0.25, 0.3) is 0 Å². The first-order valence-electron chi connectivity index (χ1n) is 8.40. The summed E-state index contributed by atoms with van der Waals surface area (Å²) in [5.74, 6) is 1.35. The lowest BCUT2D eigenvalue weighted by atomic mass is 10.1. The molecule has 9 heteroatoms. The van der Waals surface area contributed by atoms with E-state index in [1.54, 1.807) is 37.5 Å². The lowest BCUT2D eigenvalue weighted by molar-refractivity contribution is -0.117. The molecular formula is C18H21N3O5S. The van der Waals surface area contributed by atoms with E-state index >= 15 is 0 Å². The van der Waals surface area contributed by atoms with Gasteiger partial charge in [-0.2, -0.15) is 0 Å². The first kappa shape index (κ1) is 19.0. The van der Waals surface area contributed by atoms with E-state index in [9.17, 15) is 13.2 Å². The number of amidine groups is 1. The smallest absolute Gasteiger partial charge is 0.256 e. The van der Waals surface area contributed by atoms with Gasteiger partial charge in [-0.05, 0) is 36.3 Å². The van der Waals surface area contributed by atoms with Gasteiger partial charge >= 0.3 is 0 Å². The highest BCUT2D eigenvalue weighted by atomic mass is 32.2. The fraction of sp³-hybridized carbons (Fsp3) is 0.333. The Kier molecular flexibility index (Phi) is 5.50. The molecule has 27 heavy (non-hydrogen) atoms. The maximum absolute atomic E-state index is 12.4. The van der Waals surface area contributed by atoms with Crippen LogP contribution in [0.3, 0.4) is 0 Å². The lowest BCUT2D eigenvalue weighted by Crippen LogP contribution is -2.38. The van der Waals surface area contributed by atoms with Crippen molar-refractivity contribution in [3.05, 3.63) is 47.7 Å². The molecule has 0 bridgehead atoms. The van der Waals surface area contributed by atoms with E-state index in [0.29, 0.717) is 35.9 Å². The number of methoxy groups -OCH3 is 2. The number of sulfonamides is 1. The average Bonchev–Trinajstić information content (AvgIpc) is 2.66. The summed E-state index contributed by atoms with van der Waals surface area (Å²) < 4.78 is 37.2. The van der Waals surface area contributed by atoms with Crippen LogP contribution >= 0.6 is 0 Å². The van der Waals surface area contributed by atoms with E-state index in [4.69, 9.17) is 9.47 Å². The van der Waals surface area contributed by atoms with Crippen molar-refractivity contribution in [2.24, 2.45) is 4.40 Å². The summed E-state index contributed by atoms with van der Waals surface area (Å²) in [6, 6.07) is 5.62. The first-order valence-corrected chi connectivity index (χ1v) is 10.0. The molecule has 0 unspecified atom stereocenters. The Morgan fingerprint density at radius 1 is 1.22 bits per heavy atom. The van der Waals surface area contributed by atoms with E-state index < -0.39 is 10.0 Å². The summed E-state index contributed by atoms with van der Waals surface area (Å²) in [4.78, 5) is 14.0. The highest BCUT2D eigenvalue weighted by Crippen LogP contribution is 2.27. The number of benzene rings is 1. The molecule has 0 aromatic heterocycles.